The summed E-state index contributed by atoms with van der Waals surface area (Å²) in [5.74, 6) is -4.55. The molecule has 1 saturated heterocycles. The molecule has 1 unspecified atom stereocenters. The van der Waals surface area contributed by atoms with Crippen molar-refractivity contribution in [2.45, 2.75) is 104 Å². The molecule has 9 nitrogen and oxygen atoms in total. The zero-order valence-electron chi connectivity index (χ0n) is 21.7. The summed E-state index contributed by atoms with van der Waals surface area (Å²) >= 11 is 0. The average molecular weight is 495 g/mol. The van der Waals surface area contributed by atoms with Crippen molar-refractivity contribution >= 4 is 23.9 Å². The fourth-order valence-electron chi connectivity index (χ4n) is 5.97. The lowest BCUT2D eigenvalue weighted by Crippen LogP contribution is -2.50. The van der Waals surface area contributed by atoms with Gasteiger partial charge in [-0.1, -0.05) is 26.3 Å². The van der Waals surface area contributed by atoms with Gasteiger partial charge in [0, 0.05) is 31.6 Å². The van der Waals surface area contributed by atoms with Crippen molar-refractivity contribution in [1.29, 1.82) is 0 Å². The number of ether oxygens (including phenoxy) is 4. The van der Waals surface area contributed by atoms with Crippen LogP contribution in [0.1, 0.15) is 74.1 Å². The lowest BCUT2D eigenvalue weighted by molar-refractivity contribution is -0.183. The Kier molecular flexibility index (Phi) is 7.70. The summed E-state index contributed by atoms with van der Waals surface area (Å²) in [7, 11) is 0. The first-order valence-electron chi connectivity index (χ1n) is 12.5. The highest BCUT2D eigenvalue weighted by atomic mass is 16.6. The van der Waals surface area contributed by atoms with E-state index in [1.54, 1.807) is 19.9 Å². The van der Waals surface area contributed by atoms with Crippen LogP contribution in [0.2, 0.25) is 0 Å². The van der Waals surface area contributed by atoms with E-state index in [0.29, 0.717) is 12.8 Å². The molecule has 2 fully saturated rings. The van der Waals surface area contributed by atoms with E-state index in [9.17, 15) is 24.3 Å². The second kappa shape index (κ2) is 9.91. The number of rotatable bonds is 7. The molecule has 9 atom stereocenters. The zero-order valence-corrected chi connectivity index (χ0v) is 21.7. The van der Waals surface area contributed by atoms with E-state index in [4.69, 9.17) is 18.9 Å². The van der Waals surface area contributed by atoms with Gasteiger partial charge in [-0.25, -0.2) is 4.79 Å². The van der Waals surface area contributed by atoms with E-state index in [-0.39, 0.29) is 24.7 Å². The Hall–Kier alpha value is -2.42. The van der Waals surface area contributed by atoms with Crippen LogP contribution in [-0.4, -0.2) is 58.5 Å². The molecule has 1 N–H and O–H groups in total. The molecule has 0 amide bonds. The van der Waals surface area contributed by atoms with Gasteiger partial charge in [-0.2, -0.15) is 0 Å². The third-order valence-electron chi connectivity index (χ3n) is 7.80. The second-order valence-electron chi connectivity index (χ2n) is 10.6. The lowest BCUT2D eigenvalue weighted by atomic mass is 9.74. The van der Waals surface area contributed by atoms with Crippen LogP contribution in [0.15, 0.2) is 11.6 Å². The molecule has 2 aliphatic carbocycles. The Morgan fingerprint density at radius 3 is 2.43 bits per heavy atom. The second-order valence-corrected chi connectivity index (χ2v) is 10.6. The van der Waals surface area contributed by atoms with Crippen LogP contribution in [0.25, 0.3) is 0 Å². The predicted molar refractivity (Wildman–Crippen MR) is 124 cm³/mol. The molecule has 1 aliphatic heterocycles. The maximum Gasteiger partial charge on any atom is 0.338 e. The average Bonchev–Trinajstić information content (AvgIpc) is 3.14. The minimum Gasteiger partial charge on any atom is -0.462 e. The minimum absolute atomic E-state index is 0.00958. The SMILES string of the molecule is CCCC(=O)O[C@H]1C[C@](C)(OC(C)=O)[C@@H]2[C@@H](C(C)=C[C@H]2OC(=O)C(C)CC)[C@@H]2OC(=O)[C@@](C)(O)[C@@H]21. The molecule has 0 radical (unpaired) electrons. The highest BCUT2D eigenvalue weighted by molar-refractivity contribution is 5.82. The summed E-state index contributed by atoms with van der Waals surface area (Å²) in [4.78, 5) is 50.3. The smallest absolute Gasteiger partial charge is 0.338 e. The van der Waals surface area contributed by atoms with Crippen molar-refractivity contribution in [3.8, 4) is 0 Å². The lowest BCUT2D eigenvalue weighted by Gasteiger charge is -2.41. The van der Waals surface area contributed by atoms with Gasteiger partial charge in [0.2, 0.25) is 0 Å². The molecule has 0 aromatic rings. The van der Waals surface area contributed by atoms with Crippen molar-refractivity contribution in [2.24, 2.45) is 23.7 Å². The molecule has 0 spiro atoms. The van der Waals surface area contributed by atoms with Crippen molar-refractivity contribution in [1.82, 2.24) is 0 Å². The van der Waals surface area contributed by atoms with Crippen LogP contribution in [0.4, 0.5) is 0 Å². The number of aliphatic hydroxyl groups is 1. The first-order valence-corrected chi connectivity index (χ1v) is 12.5. The van der Waals surface area contributed by atoms with Gasteiger partial charge in [0.1, 0.15) is 23.9 Å². The third-order valence-corrected chi connectivity index (χ3v) is 7.80. The number of hydrogen-bond donors (Lipinski definition) is 1. The van der Waals surface area contributed by atoms with Crippen molar-refractivity contribution in [2.75, 3.05) is 0 Å². The molecule has 9 heteroatoms. The van der Waals surface area contributed by atoms with Gasteiger partial charge in [-0.05, 0) is 39.7 Å². The summed E-state index contributed by atoms with van der Waals surface area (Å²) in [6, 6.07) is 0. The van der Waals surface area contributed by atoms with Crippen LogP contribution in [0.3, 0.4) is 0 Å². The van der Waals surface area contributed by atoms with Crippen molar-refractivity contribution in [3.05, 3.63) is 11.6 Å². The molecule has 0 bridgehead atoms. The largest absolute Gasteiger partial charge is 0.462 e. The summed E-state index contributed by atoms with van der Waals surface area (Å²) in [5.41, 5.74) is -2.37. The van der Waals surface area contributed by atoms with Gasteiger partial charge in [-0.15, -0.1) is 0 Å². The topological polar surface area (TPSA) is 125 Å². The molecule has 0 aromatic carbocycles. The standard InChI is InChI=1S/C26H38O9/c1-8-10-18(28)32-17-12-25(6,35-15(5)27)20-16(33-23(29)13(3)9-2)11-14(4)19(20)22-21(17)26(7,31)24(30)34-22/h11,13,16-17,19-22,31H,8-10,12H2,1-7H3/t13?,16-,17+,19-,20+,21-,22+,25+,26+/m1/s1. The van der Waals surface area contributed by atoms with Gasteiger partial charge in [-0.3, -0.25) is 14.4 Å². The normalized spacial score (nSPS) is 38.9. The van der Waals surface area contributed by atoms with Crippen LogP contribution >= 0.6 is 0 Å². The van der Waals surface area contributed by atoms with E-state index in [0.717, 1.165) is 5.57 Å². The molecule has 3 aliphatic rings. The van der Waals surface area contributed by atoms with Gasteiger partial charge in [0.25, 0.3) is 0 Å². The highest BCUT2D eigenvalue weighted by Crippen LogP contribution is 2.55. The number of hydrogen-bond acceptors (Lipinski definition) is 9. The molecule has 35 heavy (non-hydrogen) atoms. The number of fused-ring (bicyclic) bond motifs is 3. The fourth-order valence-corrected chi connectivity index (χ4v) is 5.97. The summed E-state index contributed by atoms with van der Waals surface area (Å²) in [5, 5.41) is 11.2. The van der Waals surface area contributed by atoms with Crippen LogP contribution in [-0.2, 0) is 38.1 Å². The molecule has 1 saturated carbocycles. The highest BCUT2D eigenvalue weighted by Gasteiger charge is 2.68. The molecular formula is C26H38O9. The monoisotopic (exact) mass is 494 g/mol. The Labute approximate surface area is 206 Å². The number of carbonyl (C=O) groups excluding carboxylic acids is 4. The van der Waals surface area contributed by atoms with Crippen LogP contribution < -0.4 is 0 Å². The third kappa shape index (κ3) is 4.97. The maximum atomic E-state index is 12.8. The van der Waals surface area contributed by atoms with E-state index < -0.39 is 65.2 Å². The first kappa shape index (κ1) is 27.2. The Balaban J connectivity index is 2.12. The van der Waals surface area contributed by atoms with E-state index in [1.807, 2.05) is 20.8 Å². The Bertz CT molecular complexity index is 906. The molecule has 3 rings (SSSR count). The Morgan fingerprint density at radius 1 is 1.20 bits per heavy atom. The predicted octanol–water partition coefficient (Wildman–Crippen LogP) is 2.87. The summed E-state index contributed by atoms with van der Waals surface area (Å²) in [6.45, 7) is 11.7. The van der Waals surface area contributed by atoms with Gasteiger partial charge in [0.15, 0.2) is 5.60 Å². The maximum absolute atomic E-state index is 12.8. The van der Waals surface area contributed by atoms with Crippen molar-refractivity contribution in [3.63, 3.8) is 0 Å². The number of carbonyl (C=O) groups is 4. The summed E-state index contributed by atoms with van der Waals surface area (Å²) in [6.07, 6.45) is 0.569. The fraction of sp³-hybridized carbons (Fsp3) is 0.769. The van der Waals surface area contributed by atoms with Gasteiger partial charge >= 0.3 is 23.9 Å². The Morgan fingerprint density at radius 2 is 1.86 bits per heavy atom. The molecule has 1 heterocycles. The van der Waals surface area contributed by atoms with E-state index >= 15 is 0 Å². The van der Waals surface area contributed by atoms with Gasteiger partial charge < -0.3 is 24.1 Å². The van der Waals surface area contributed by atoms with Gasteiger partial charge in [0.05, 0.1) is 11.8 Å². The first-order chi connectivity index (χ1) is 16.3. The molecule has 0 aromatic heterocycles. The van der Waals surface area contributed by atoms with E-state index in [1.165, 1.54) is 13.8 Å². The van der Waals surface area contributed by atoms with Crippen LogP contribution in [0.5, 0.6) is 0 Å². The summed E-state index contributed by atoms with van der Waals surface area (Å²) < 4.78 is 23.3. The van der Waals surface area contributed by atoms with Crippen molar-refractivity contribution < 1.29 is 43.2 Å². The van der Waals surface area contributed by atoms with Crippen LogP contribution in [0, 0.1) is 23.7 Å². The zero-order chi connectivity index (χ0) is 26.3. The minimum atomic E-state index is -1.92. The molecule has 196 valence electrons. The molecular weight excluding hydrogens is 456 g/mol. The van der Waals surface area contributed by atoms with E-state index in [2.05, 4.69) is 0 Å². The number of esters is 4. The quantitative estimate of drug-likeness (QED) is 0.323.